The molecule has 1 aliphatic rings. The molecule has 1 atom stereocenters. The highest BCUT2D eigenvalue weighted by Gasteiger charge is 2.36. The molecule has 1 aliphatic heterocycles. The van der Waals surface area contributed by atoms with E-state index in [2.05, 4.69) is 5.32 Å². The highest BCUT2D eigenvalue weighted by atomic mass is 32.2. The first-order valence-electron chi connectivity index (χ1n) is 10.7. The zero-order valence-electron chi connectivity index (χ0n) is 18.9. The third-order valence-electron chi connectivity index (χ3n) is 4.85. The third-order valence-corrected chi connectivity index (χ3v) is 5.76. The average Bonchev–Trinajstić information content (AvgIpc) is 3.04. The normalized spacial score (nSPS) is 15.6. The largest absolute Gasteiger partial charge is 0.490 e. The van der Waals surface area contributed by atoms with Gasteiger partial charge in [0.05, 0.1) is 23.3 Å². The van der Waals surface area contributed by atoms with E-state index in [0.717, 1.165) is 23.5 Å². The number of rotatable bonds is 9. The Hall–Kier alpha value is -3.40. The topological polar surface area (TPSA) is 84.9 Å². The van der Waals surface area contributed by atoms with E-state index in [0.29, 0.717) is 41.5 Å². The number of nitrogens with zero attached hydrogens (tertiary/aromatic N) is 1. The number of hydrogen-bond acceptors (Lipinski definition) is 6. The van der Waals surface area contributed by atoms with Gasteiger partial charge in [-0.2, -0.15) is 0 Å². The maximum atomic E-state index is 13.8. The van der Waals surface area contributed by atoms with Crippen LogP contribution < -0.4 is 14.8 Å². The first-order chi connectivity index (χ1) is 16.2. The molecule has 3 rings (SSSR count). The third kappa shape index (κ3) is 6.13. The number of carbonyl (C=O) groups excluding carboxylic acids is 3. The van der Waals surface area contributed by atoms with Gasteiger partial charge < -0.3 is 14.8 Å². The highest BCUT2D eigenvalue weighted by molar-refractivity contribution is 8.18. The van der Waals surface area contributed by atoms with Crippen LogP contribution >= 0.6 is 11.8 Å². The van der Waals surface area contributed by atoms with Crippen molar-refractivity contribution in [3.63, 3.8) is 0 Å². The Bertz CT molecular complexity index is 1140. The number of thioether (sulfide) groups is 1. The molecule has 0 aliphatic carbocycles. The van der Waals surface area contributed by atoms with E-state index in [1.54, 1.807) is 18.2 Å². The van der Waals surface area contributed by atoms with Crippen LogP contribution in [0.4, 0.5) is 19.3 Å². The number of halogens is 2. The molecular weight excluding hydrogens is 466 g/mol. The van der Waals surface area contributed by atoms with Crippen LogP contribution in [0.5, 0.6) is 11.5 Å². The standard InChI is InChI=1S/C24H24F2N2O5S/c1-4-14(3)33-19-9-6-15(10-20(19)32-5-2)11-21-23(30)28(24(31)34-21)13-22(29)27-18-8-7-16(25)12-17(18)26/h6-12,14H,4-5,13H2,1-3H3,(H,27,29)/b21-11+/t14-/m0/s1. The lowest BCUT2D eigenvalue weighted by atomic mass is 10.1. The van der Waals surface area contributed by atoms with Gasteiger partial charge in [-0.15, -0.1) is 0 Å². The molecule has 0 unspecified atom stereocenters. The second kappa shape index (κ2) is 11.1. The summed E-state index contributed by atoms with van der Waals surface area (Å²) in [5.41, 5.74) is 0.361. The molecule has 7 nitrogen and oxygen atoms in total. The fraction of sp³-hybridized carbons (Fsp3) is 0.292. The summed E-state index contributed by atoms with van der Waals surface area (Å²) in [5.74, 6) is -2.11. The Morgan fingerprint density at radius 2 is 1.91 bits per heavy atom. The molecule has 2 aromatic rings. The molecule has 0 saturated carbocycles. The fourth-order valence-electron chi connectivity index (χ4n) is 2.99. The highest BCUT2D eigenvalue weighted by Crippen LogP contribution is 2.35. The maximum Gasteiger partial charge on any atom is 0.294 e. The quantitative estimate of drug-likeness (QED) is 0.486. The predicted octanol–water partition coefficient (Wildman–Crippen LogP) is 5.22. The first-order valence-corrected chi connectivity index (χ1v) is 11.5. The predicted molar refractivity (Wildman–Crippen MR) is 126 cm³/mol. The zero-order chi connectivity index (χ0) is 24.8. The summed E-state index contributed by atoms with van der Waals surface area (Å²) in [6.45, 7) is 5.60. The Morgan fingerprint density at radius 3 is 2.59 bits per heavy atom. The van der Waals surface area contributed by atoms with Crippen molar-refractivity contribution in [2.24, 2.45) is 0 Å². The molecule has 180 valence electrons. The molecule has 34 heavy (non-hydrogen) atoms. The Kier molecular flexibility index (Phi) is 8.27. The van der Waals surface area contributed by atoms with Gasteiger partial charge in [-0.25, -0.2) is 8.78 Å². The minimum Gasteiger partial charge on any atom is -0.490 e. The lowest BCUT2D eigenvalue weighted by molar-refractivity contribution is -0.127. The average molecular weight is 491 g/mol. The smallest absolute Gasteiger partial charge is 0.294 e. The molecular formula is C24H24F2N2O5S. The number of nitrogens with one attached hydrogen (secondary N) is 1. The van der Waals surface area contributed by atoms with Gasteiger partial charge in [0.1, 0.15) is 18.2 Å². The van der Waals surface area contributed by atoms with E-state index in [1.807, 2.05) is 20.8 Å². The second-order valence-corrected chi connectivity index (χ2v) is 8.41. The summed E-state index contributed by atoms with van der Waals surface area (Å²) in [4.78, 5) is 38.2. The van der Waals surface area contributed by atoms with Gasteiger partial charge in [0.2, 0.25) is 5.91 Å². The SMILES string of the molecule is CCOc1cc(/C=C2/SC(=O)N(CC(=O)Nc3ccc(F)cc3F)C2=O)ccc1O[C@@H](C)CC. The number of amides is 3. The number of imide groups is 1. The minimum absolute atomic E-state index is 0.00362. The molecule has 1 heterocycles. The molecule has 0 aromatic heterocycles. The number of hydrogen-bond donors (Lipinski definition) is 1. The maximum absolute atomic E-state index is 13.8. The van der Waals surface area contributed by atoms with E-state index in [1.165, 1.54) is 6.08 Å². The van der Waals surface area contributed by atoms with Crippen molar-refractivity contribution in [3.8, 4) is 11.5 Å². The van der Waals surface area contributed by atoms with Gasteiger partial charge in [-0.3, -0.25) is 19.3 Å². The second-order valence-electron chi connectivity index (χ2n) is 7.42. The van der Waals surface area contributed by atoms with E-state index in [4.69, 9.17) is 9.47 Å². The van der Waals surface area contributed by atoms with Gasteiger partial charge in [0, 0.05) is 6.07 Å². The minimum atomic E-state index is -0.965. The van der Waals surface area contributed by atoms with Gasteiger partial charge in [-0.1, -0.05) is 13.0 Å². The summed E-state index contributed by atoms with van der Waals surface area (Å²) in [7, 11) is 0. The molecule has 0 spiro atoms. The van der Waals surface area contributed by atoms with Gasteiger partial charge in [0.15, 0.2) is 11.5 Å². The van der Waals surface area contributed by atoms with Crippen LogP contribution in [0.15, 0.2) is 41.3 Å². The number of ether oxygens (including phenoxy) is 2. The summed E-state index contributed by atoms with van der Waals surface area (Å²) in [5, 5.41) is 1.60. The van der Waals surface area contributed by atoms with Gasteiger partial charge in [0.25, 0.3) is 11.1 Å². The van der Waals surface area contributed by atoms with Crippen molar-refractivity contribution < 1.29 is 32.6 Å². The molecule has 1 saturated heterocycles. The Labute approximate surface area is 200 Å². The van der Waals surface area contributed by atoms with Crippen LogP contribution in [0.2, 0.25) is 0 Å². The molecule has 10 heteroatoms. The summed E-state index contributed by atoms with van der Waals surface area (Å²) >= 11 is 0.691. The van der Waals surface area contributed by atoms with Crippen LogP contribution in [-0.4, -0.2) is 41.2 Å². The first kappa shape index (κ1) is 25.2. The van der Waals surface area contributed by atoms with E-state index < -0.39 is 35.2 Å². The lowest BCUT2D eigenvalue weighted by Gasteiger charge is -2.16. The van der Waals surface area contributed by atoms with Crippen molar-refractivity contribution >= 4 is 40.6 Å². The van der Waals surface area contributed by atoms with E-state index in [-0.39, 0.29) is 16.7 Å². The van der Waals surface area contributed by atoms with Crippen molar-refractivity contribution in [1.29, 1.82) is 0 Å². The van der Waals surface area contributed by atoms with Crippen molar-refractivity contribution in [3.05, 3.63) is 58.5 Å². The van der Waals surface area contributed by atoms with Crippen LogP contribution in [0, 0.1) is 11.6 Å². The number of anilines is 1. The van der Waals surface area contributed by atoms with E-state index >= 15 is 0 Å². The molecule has 2 aromatic carbocycles. The zero-order valence-corrected chi connectivity index (χ0v) is 19.7. The molecule has 0 bridgehead atoms. The van der Waals surface area contributed by atoms with Crippen molar-refractivity contribution in [1.82, 2.24) is 4.90 Å². The number of carbonyl (C=O) groups is 3. The summed E-state index contributed by atoms with van der Waals surface area (Å²) in [6.07, 6.45) is 2.34. The number of benzene rings is 2. The molecule has 1 fully saturated rings. The summed E-state index contributed by atoms with van der Waals surface area (Å²) in [6, 6.07) is 7.84. The molecule has 0 radical (unpaired) electrons. The van der Waals surface area contributed by atoms with Gasteiger partial charge in [-0.05, 0) is 67.9 Å². The Balaban J connectivity index is 1.73. The van der Waals surface area contributed by atoms with Gasteiger partial charge >= 0.3 is 0 Å². The summed E-state index contributed by atoms with van der Waals surface area (Å²) < 4.78 is 38.3. The van der Waals surface area contributed by atoms with E-state index in [9.17, 15) is 23.2 Å². The Morgan fingerprint density at radius 1 is 1.15 bits per heavy atom. The van der Waals surface area contributed by atoms with Crippen molar-refractivity contribution in [2.45, 2.75) is 33.3 Å². The van der Waals surface area contributed by atoms with Crippen LogP contribution in [0.3, 0.4) is 0 Å². The molecule has 1 N–H and O–H groups in total. The van der Waals surface area contributed by atoms with Crippen LogP contribution in [-0.2, 0) is 9.59 Å². The lowest BCUT2D eigenvalue weighted by Crippen LogP contribution is -2.36. The monoisotopic (exact) mass is 490 g/mol. The van der Waals surface area contributed by atoms with Crippen LogP contribution in [0.25, 0.3) is 6.08 Å². The molecule has 3 amide bonds. The van der Waals surface area contributed by atoms with Crippen LogP contribution in [0.1, 0.15) is 32.8 Å². The van der Waals surface area contributed by atoms with Crippen molar-refractivity contribution in [2.75, 3.05) is 18.5 Å². The fourth-order valence-corrected chi connectivity index (χ4v) is 3.83.